The topological polar surface area (TPSA) is 6.48 Å². The van der Waals surface area contributed by atoms with Gasteiger partial charge in [0.25, 0.3) is 0 Å². The number of para-hydroxylation sites is 4. The van der Waals surface area contributed by atoms with E-state index in [1.54, 1.807) is 0 Å². The van der Waals surface area contributed by atoms with Gasteiger partial charge in [0.2, 0.25) is 0 Å². The first-order valence-corrected chi connectivity index (χ1v) is 18.4. The molecule has 0 heterocycles. The lowest BCUT2D eigenvalue weighted by Crippen LogP contribution is -2.09. The Labute approximate surface area is 318 Å². The summed E-state index contributed by atoms with van der Waals surface area (Å²) in [5, 5.41) is 0. The zero-order chi connectivity index (χ0) is 36.4. The highest BCUT2D eigenvalue weighted by atomic mass is 15.1. The number of rotatable bonds is 11. The maximum Gasteiger partial charge on any atom is 0.0462 e. The van der Waals surface area contributed by atoms with E-state index in [1.165, 1.54) is 16.7 Å². The molecule has 54 heavy (non-hydrogen) atoms. The Morgan fingerprint density at radius 1 is 0.259 bits per heavy atom. The lowest BCUT2D eigenvalue weighted by Gasteiger charge is -2.25. The van der Waals surface area contributed by atoms with Crippen LogP contribution in [0, 0.1) is 0 Å². The Morgan fingerprint density at radius 2 is 0.611 bits per heavy atom. The van der Waals surface area contributed by atoms with Crippen molar-refractivity contribution in [1.82, 2.24) is 0 Å². The van der Waals surface area contributed by atoms with E-state index in [4.69, 9.17) is 0 Å². The van der Waals surface area contributed by atoms with E-state index in [9.17, 15) is 0 Å². The summed E-state index contributed by atoms with van der Waals surface area (Å²) in [5.74, 6) is 0. The molecule has 0 N–H and O–H groups in total. The molecule has 2 heteroatoms. The minimum atomic E-state index is 1.11. The van der Waals surface area contributed by atoms with Crippen LogP contribution < -0.4 is 9.80 Å². The van der Waals surface area contributed by atoms with E-state index >= 15 is 0 Å². The molecule has 0 bridgehead atoms. The predicted molar refractivity (Wildman–Crippen MR) is 232 cm³/mol. The number of nitrogens with zero attached hydrogens (tertiary/aromatic N) is 2. The van der Waals surface area contributed by atoms with Crippen LogP contribution in [0.4, 0.5) is 34.1 Å². The molecule has 8 aromatic carbocycles. The van der Waals surface area contributed by atoms with Crippen LogP contribution in [-0.2, 0) is 0 Å². The molecule has 0 fully saturated rings. The van der Waals surface area contributed by atoms with E-state index in [2.05, 4.69) is 252 Å². The first-order valence-electron chi connectivity index (χ1n) is 18.4. The zero-order valence-electron chi connectivity index (χ0n) is 30.0. The molecule has 0 atom stereocenters. The number of hydrogen-bond donors (Lipinski definition) is 0. The molecule has 0 unspecified atom stereocenters. The highest BCUT2D eigenvalue weighted by Gasteiger charge is 2.13. The van der Waals surface area contributed by atoms with Crippen LogP contribution in [-0.4, -0.2) is 0 Å². The fraction of sp³-hybridized carbons (Fsp3) is 0. The van der Waals surface area contributed by atoms with E-state index < -0.39 is 0 Å². The van der Waals surface area contributed by atoms with E-state index in [0.29, 0.717) is 0 Å². The Hall–Kier alpha value is -7.16. The molecule has 8 aromatic rings. The molecule has 0 aromatic heterocycles. The fourth-order valence-electron chi connectivity index (χ4n) is 6.82. The van der Waals surface area contributed by atoms with Gasteiger partial charge < -0.3 is 9.80 Å². The van der Waals surface area contributed by atoms with Gasteiger partial charge in [-0.1, -0.05) is 170 Å². The largest absolute Gasteiger partial charge is 0.311 e. The molecule has 0 aliphatic heterocycles. The molecular weight excluding hydrogens is 653 g/mol. The van der Waals surface area contributed by atoms with Gasteiger partial charge >= 0.3 is 0 Å². The van der Waals surface area contributed by atoms with E-state index in [-0.39, 0.29) is 0 Å². The van der Waals surface area contributed by atoms with Gasteiger partial charge in [-0.2, -0.15) is 0 Å². The average Bonchev–Trinajstić information content (AvgIpc) is 3.25. The summed E-state index contributed by atoms with van der Waals surface area (Å²) < 4.78 is 0. The maximum atomic E-state index is 2.29. The van der Waals surface area contributed by atoms with Crippen LogP contribution in [0.3, 0.4) is 0 Å². The van der Waals surface area contributed by atoms with E-state index in [0.717, 1.165) is 50.8 Å². The second-order valence-corrected chi connectivity index (χ2v) is 13.0. The van der Waals surface area contributed by atoms with Gasteiger partial charge in [0.05, 0.1) is 0 Å². The Morgan fingerprint density at radius 3 is 1.02 bits per heavy atom. The number of hydrogen-bond acceptors (Lipinski definition) is 2. The molecule has 0 aliphatic carbocycles. The fourth-order valence-corrected chi connectivity index (χ4v) is 6.82. The quantitative estimate of drug-likeness (QED) is 0.125. The molecule has 8 rings (SSSR count). The number of benzene rings is 8. The standard InChI is InChI=1S/C52H40N2/c1-6-17-43(18-7-1)51-28-16-19-44(35-29-41-30-36-49(37-31-41)53(45-20-8-2-9-21-45)46-22-10-3-11-23-46)52(51)40-34-42-32-38-50(39-33-42)54(47-24-12-4-13-25-47)48-26-14-5-15-27-48/h1-40H. The number of anilines is 6. The Bertz CT molecular complexity index is 2360. The molecule has 0 spiro atoms. The van der Waals surface area contributed by atoms with E-state index in [1.807, 2.05) is 0 Å². The van der Waals surface area contributed by atoms with Crippen molar-refractivity contribution in [2.75, 3.05) is 9.80 Å². The van der Waals surface area contributed by atoms with Crippen molar-refractivity contribution < 1.29 is 0 Å². The predicted octanol–water partition coefficient (Wildman–Crippen LogP) is 14.6. The molecule has 0 saturated heterocycles. The molecule has 0 aliphatic rings. The summed E-state index contributed by atoms with van der Waals surface area (Å²) in [4.78, 5) is 4.57. The monoisotopic (exact) mass is 692 g/mol. The van der Waals surface area contributed by atoms with Crippen molar-refractivity contribution in [3.8, 4) is 11.1 Å². The van der Waals surface area contributed by atoms with Crippen molar-refractivity contribution in [3.63, 3.8) is 0 Å². The Balaban J connectivity index is 1.09. The van der Waals surface area contributed by atoms with Crippen LogP contribution in [0.25, 0.3) is 35.4 Å². The van der Waals surface area contributed by atoms with Crippen molar-refractivity contribution >= 4 is 58.4 Å². The van der Waals surface area contributed by atoms with Crippen molar-refractivity contribution in [1.29, 1.82) is 0 Å². The van der Waals surface area contributed by atoms with Gasteiger partial charge in [-0.15, -0.1) is 0 Å². The summed E-state index contributed by atoms with van der Waals surface area (Å²) in [6, 6.07) is 76.8. The molecular formula is C52H40N2. The molecule has 2 nitrogen and oxygen atoms in total. The normalized spacial score (nSPS) is 11.2. The van der Waals surface area contributed by atoms with Gasteiger partial charge in [0, 0.05) is 34.1 Å². The van der Waals surface area contributed by atoms with Gasteiger partial charge in [-0.25, -0.2) is 0 Å². The molecule has 0 amide bonds. The van der Waals surface area contributed by atoms with Crippen molar-refractivity contribution in [2.45, 2.75) is 0 Å². The van der Waals surface area contributed by atoms with Crippen LogP contribution in [0.15, 0.2) is 218 Å². The summed E-state index contributed by atoms with van der Waals surface area (Å²) in [6.45, 7) is 0. The summed E-state index contributed by atoms with van der Waals surface area (Å²) in [6.07, 6.45) is 8.91. The van der Waals surface area contributed by atoms with Crippen LogP contribution in [0.5, 0.6) is 0 Å². The van der Waals surface area contributed by atoms with Gasteiger partial charge in [-0.05, 0) is 106 Å². The van der Waals surface area contributed by atoms with Crippen LogP contribution >= 0.6 is 0 Å². The van der Waals surface area contributed by atoms with Crippen molar-refractivity contribution in [2.24, 2.45) is 0 Å². The zero-order valence-corrected chi connectivity index (χ0v) is 30.0. The highest BCUT2D eigenvalue weighted by molar-refractivity contribution is 5.88. The summed E-state index contributed by atoms with van der Waals surface area (Å²) >= 11 is 0. The second kappa shape index (κ2) is 16.5. The van der Waals surface area contributed by atoms with Gasteiger partial charge in [-0.3, -0.25) is 0 Å². The van der Waals surface area contributed by atoms with Gasteiger partial charge in [0.1, 0.15) is 0 Å². The SMILES string of the molecule is C(=Cc1cccc(-c2ccccc2)c1C=Cc1ccc(N(c2ccccc2)c2ccccc2)cc1)c1ccc(N(c2ccccc2)c2ccccc2)cc1. The Kier molecular flexibility index (Phi) is 10.3. The third kappa shape index (κ3) is 7.84. The second-order valence-electron chi connectivity index (χ2n) is 13.0. The molecule has 0 saturated carbocycles. The lowest BCUT2D eigenvalue weighted by atomic mass is 9.94. The third-order valence-electron chi connectivity index (χ3n) is 9.48. The van der Waals surface area contributed by atoms with Gasteiger partial charge in [0.15, 0.2) is 0 Å². The summed E-state index contributed by atoms with van der Waals surface area (Å²) in [5.41, 5.74) is 13.7. The van der Waals surface area contributed by atoms with Crippen LogP contribution in [0.2, 0.25) is 0 Å². The summed E-state index contributed by atoms with van der Waals surface area (Å²) in [7, 11) is 0. The average molecular weight is 693 g/mol. The molecule has 0 radical (unpaired) electrons. The van der Waals surface area contributed by atoms with Crippen molar-refractivity contribution in [3.05, 3.63) is 241 Å². The minimum absolute atomic E-state index is 1.11. The maximum absolute atomic E-state index is 2.29. The first-order chi connectivity index (χ1) is 26.8. The molecule has 258 valence electrons. The minimum Gasteiger partial charge on any atom is -0.311 e. The van der Waals surface area contributed by atoms with Crippen LogP contribution in [0.1, 0.15) is 22.3 Å². The third-order valence-corrected chi connectivity index (χ3v) is 9.48. The lowest BCUT2D eigenvalue weighted by molar-refractivity contribution is 1.28. The highest BCUT2D eigenvalue weighted by Crippen LogP contribution is 2.36. The smallest absolute Gasteiger partial charge is 0.0462 e. The first kappa shape index (κ1) is 34.0.